The molecule has 21 heavy (non-hydrogen) atoms. The molecule has 1 aromatic heterocycles. The van der Waals surface area contributed by atoms with E-state index < -0.39 is 23.9 Å². The van der Waals surface area contributed by atoms with Crippen molar-refractivity contribution in [1.82, 2.24) is 10.3 Å². The topological polar surface area (TPSA) is 134 Å². The Kier molecular flexibility index (Phi) is 4.73. The van der Waals surface area contributed by atoms with Crippen LogP contribution in [-0.2, 0) is 9.59 Å². The Labute approximate surface area is 124 Å². The smallest absolute Gasteiger partial charge is 0.326 e. The van der Waals surface area contributed by atoms with Crippen molar-refractivity contribution in [3.63, 3.8) is 0 Å². The Morgan fingerprint density at radius 2 is 2.19 bits per heavy atom. The number of anilines is 1. The van der Waals surface area contributed by atoms with Crippen LogP contribution in [0.3, 0.4) is 0 Å². The SMILES string of the molecule is NC(=O)CC[C@H](NC(=O)Nc1nc(C2CC2)cs1)C(=O)O. The van der Waals surface area contributed by atoms with Gasteiger partial charge in [-0.05, 0) is 19.3 Å². The fraction of sp³-hybridized carbons (Fsp3) is 0.500. The first kappa shape index (κ1) is 15.2. The van der Waals surface area contributed by atoms with Gasteiger partial charge >= 0.3 is 12.0 Å². The number of primary amides is 1. The molecule has 0 bridgehead atoms. The van der Waals surface area contributed by atoms with Crippen molar-refractivity contribution in [1.29, 1.82) is 0 Å². The summed E-state index contributed by atoms with van der Waals surface area (Å²) in [5.74, 6) is -1.34. The molecule has 8 nitrogen and oxygen atoms in total. The van der Waals surface area contributed by atoms with Gasteiger partial charge in [0.25, 0.3) is 0 Å². The number of nitrogens with two attached hydrogens (primary N) is 1. The standard InChI is InChI=1S/C12H16N4O4S/c13-9(17)4-3-7(10(18)19)14-11(20)16-12-15-8(5-21-12)6-1-2-6/h5-7H,1-4H2,(H2,13,17)(H,18,19)(H2,14,15,16,20)/t7-/m0/s1. The van der Waals surface area contributed by atoms with Crippen molar-refractivity contribution in [3.05, 3.63) is 11.1 Å². The van der Waals surface area contributed by atoms with Gasteiger partial charge in [-0.15, -0.1) is 11.3 Å². The lowest BCUT2D eigenvalue weighted by atomic mass is 10.1. The first-order valence-corrected chi connectivity index (χ1v) is 7.37. The third-order valence-electron chi connectivity index (χ3n) is 3.02. The highest BCUT2D eigenvalue weighted by atomic mass is 32.1. The van der Waals surface area contributed by atoms with E-state index in [9.17, 15) is 14.4 Å². The van der Waals surface area contributed by atoms with Crippen molar-refractivity contribution in [2.75, 3.05) is 5.32 Å². The minimum Gasteiger partial charge on any atom is -0.480 e. The van der Waals surface area contributed by atoms with E-state index in [0.29, 0.717) is 11.0 Å². The maximum Gasteiger partial charge on any atom is 0.326 e. The number of hydrogen-bond acceptors (Lipinski definition) is 5. The second-order valence-electron chi connectivity index (χ2n) is 4.85. The number of hydrogen-bond donors (Lipinski definition) is 4. The van der Waals surface area contributed by atoms with Gasteiger partial charge in [-0.3, -0.25) is 10.1 Å². The zero-order valence-corrected chi connectivity index (χ0v) is 12.0. The molecule has 0 unspecified atom stereocenters. The van der Waals surface area contributed by atoms with Crippen LogP contribution in [0.25, 0.3) is 0 Å². The summed E-state index contributed by atoms with van der Waals surface area (Å²) in [5.41, 5.74) is 5.92. The van der Waals surface area contributed by atoms with E-state index in [1.807, 2.05) is 5.38 Å². The van der Waals surface area contributed by atoms with E-state index in [4.69, 9.17) is 10.8 Å². The van der Waals surface area contributed by atoms with Crippen LogP contribution in [0.1, 0.15) is 37.3 Å². The lowest BCUT2D eigenvalue weighted by molar-refractivity contribution is -0.139. The Morgan fingerprint density at radius 1 is 1.48 bits per heavy atom. The lowest BCUT2D eigenvalue weighted by Gasteiger charge is -2.13. The molecule has 9 heteroatoms. The average Bonchev–Trinajstić information content (AvgIpc) is 3.15. The van der Waals surface area contributed by atoms with E-state index in [2.05, 4.69) is 15.6 Å². The highest BCUT2D eigenvalue weighted by Crippen LogP contribution is 2.40. The third-order valence-corrected chi connectivity index (χ3v) is 3.80. The lowest BCUT2D eigenvalue weighted by Crippen LogP contribution is -2.43. The fourth-order valence-corrected chi connectivity index (χ4v) is 2.53. The number of thiazole rings is 1. The van der Waals surface area contributed by atoms with Gasteiger partial charge in [0.2, 0.25) is 5.91 Å². The molecule has 2 rings (SSSR count). The highest BCUT2D eigenvalue weighted by molar-refractivity contribution is 7.13. The Balaban J connectivity index is 1.85. The number of amides is 3. The van der Waals surface area contributed by atoms with Crippen LogP contribution < -0.4 is 16.4 Å². The molecule has 0 aliphatic heterocycles. The number of carboxylic acid groups (broad SMARTS) is 1. The van der Waals surface area contributed by atoms with Gasteiger partial charge < -0.3 is 16.2 Å². The van der Waals surface area contributed by atoms with Gasteiger partial charge in [0, 0.05) is 17.7 Å². The van der Waals surface area contributed by atoms with Crippen LogP contribution in [0, 0.1) is 0 Å². The maximum absolute atomic E-state index is 11.7. The summed E-state index contributed by atoms with van der Waals surface area (Å²) in [7, 11) is 0. The molecule has 3 amide bonds. The molecule has 1 aliphatic carbocycles. The zero-order chi connectivity index (χ0) is 15.4. The number of carbonyl (C=O) groups excluding carboxylic acids is 2. The van der Waals surface area contributed by atoms with Crippen LogP contribution in [0.4, 0.5) is 9.93 Å². The summed E-state index contributed by atoms with van der Waals surface area (Å²) in [4.78, 5) is 37.7. The Bertz CT molecular complexity index is 555. The molecular weight excluding hydrogens is 296 g/mol. The van der Waals surface area contributed by atoms with E-state index in [0.717, 1.165) is 18.5 Å². The summed E-state index contributed by atoms with van der Waals surface area (Å²) in [6.45, 7) is 0. The van der Waals surface area contributed by atoms with Crippen molar-refractivity contribution >= 4 is 34.4 Å². The molecule has 1 aromatic rings. The average molecular weight is 312 g/mol. The second-order valence-corrected chi connectivity index (χ2v) is 5.70. The molecule has 1 saturated carbocycles. The first-order chi connectivity index (χ1) is 9.95. The number of carboxylic acids is 1. The number of nitrogens with one attached hydrogen (secondary N) is 2. The first-order valence-electron chi connectivity index (χ1n) is 6.49. The molecule has 1 atom stereocenters. The molecule has 0 saturated heterocycles. The molecule has 0 radical (unpaired) electrons. The minimum absolute atomic E-state index is 0.0523. The summed E-state index contributed by atoms with van der Waals surface area (Å²) in [6, 6.07) is -1.83. The van der Waals surface area contributed by atoms with E-state index in [-0.39, 0.29) is 12.8 Å². The number of rotatable bonds is 7. The predicted molar refractivity (Wildman–Crippen MR) is 76.1 cm³/mol. The summed E-state index contributed by atoms with van der Waals surface area (Å²) >= 11 is 1.30. The van der Waals surface area contributed by atoms with E-state index in [1.165, 1.54) is 11.3 Å². The second kappa shape index (κ2) is 6.53. The van der Waals surface area contributed by atoms with Crippen LogP contribution in [-0.4, -0.2) is 34.0 Å². The number of nitrogens with zero attached hydrogens (tertiary/aromatic N) is 1. The Morgan fingerprint density at radius 3 is 2.76 bits per heavy atom. The normalized spacial score (nSPS) is 15.2. The van der Waals surface area contributed by atoms with Crippen LogP contribution in [0.15, 0.2) is 5.38 Å². The van der Waals surface area contributed by atoms with Crippen molar-refractivity contribution in [2.24, 2.45) is 5.73 Å². The summed E-state index contributed by atoms with van der Waals surface area (Å²) in [5, 5.41) is 16.1. The van der Waals surface area contributed by atoms with Gasteiger partial charge in [-0.2, -0.15) is 0 Å². The molecule has 0 spiro atoms. The molecular formula is C12H16N4O4S. The van der Waals surface area contributed by atoms with Crippen molar-refractivity contribution < 1.29 is 19.5 Å². The zero-order valence-electron chi connectivity index (χ0n) is 11.2. The number of urea groups is 1. The van der Waals surface area contributed by atoms with Crippen LogP contribution in [0.5, 0.6) is 0 Å². The largest absolute Gasteiger partial charge is 0.480 e. The third kappa shape index (κ3) is 4.71. The van der Waals surface area contributed by atoms with Crippen LogP contribution in [0.2, 0.25) is 0 Å². The van der Waals surface area contributed by atoms with Gasteiger partial charge in [-0.25, -0.2) is 14.6 Å². The van der Waals surface area contributed by atoms with Crippen molar-refractivity contribution in [3.8, 4) is 0 Å². The molecule has 0 aromatic carbocycles. The van der Waals surface area contributed by atoms with E-state index in [1.54, 1.807) is 0 Å². The van der Waals surface area contributed by atoms with Gasteiger partial charge in [-0.1, -0.05) is 0 Å². The number of carbonyl (C=O) groups is 3. The van der Waals surface area contributed by atoms with E-state index >= 15 is 0 Å². The monoisotopic (exact) mass is 312 g/mol. The van der Waals surface area contributed by atoms with Gasteiger partial charge in [0.1, 0.15) is 6.04 Å². The quantitative estimate of drug-likeness (QED) is 0.592. The van der Waals surface area contributed by atoms with Gasteiger partial charge in [0.05, 0.1) is 5.69 Å². The molecule has 5 N–H and O–H groups in total. The number of aliphatic carboxylic acids is 1. The van der Waals surface area contributed by atoms with Crippen LogP contribution >= 0.6 is 11.3 Å². The molecule has 1 aliphatic rings. The van der Waals surface area contributed by atoms with Gasteiger partial charge in [0.15, 0.2) is 5.13 Å². The highest BCUT2D eigenvalue weighted by Gasteiger charge is 2.26. The number of aromatic nitrogens is 1. The van der Waals surface area contributed by atoms with Crippen molar-refractivity contribution in [2.45, 2.75) is 37.6 Å². The predicted octanol–water partition coefficient (Wildman–Crippen LogP) is 0.861. The summed E-state index contributed by atoms with van der Waals surface area (Å²) in [6.07, 6.45) is 2.07. The fourth-order valence-electron chi connectivity index (χ4n) is 1.75. The Hall–Kier alpha value is -2.16. The molecule has 1 fully saturated rings. The molecule has 114 valence electrons. The summed E-state index contributed by atoms with van der Waals surface area (Å²) < 4.78 is 0. The minimum atomic E-state index is -1.22. The maximum atomic E-state index is 11.7. The molecule has 1 heterocycles.